The molecule has 1 aliphatic carbocycles. The van der Waals surface area contributed by atoms with Crippen molar-refractivity contribution in [1.82, 2.24) is 5.32 Å². The lowest BCUT2D eigenvalue weighted by atomic mass is 9.87. The number of hydrogen-bond acceptors (Lipinski definition) is 3. The van der Waals surface area contributed by atoms with Gasteiger partial charge >= 0.3 is 0 Å². The van der Waals surface area contributed by atoms with Crippen LogP contribution in [0.4, 0.5) is 0 Å². The molecule has 1 aliphatic rings. The fraction of sp³-hybridized carbons (Fsp3) is 0.625. The fourth-order valence-electron chi connectivity index (χ4n) is 2.72. The van der Waals surface area contributed by atoms with Gasteiger partial charge in [0, 0.05) is 11.3 Å². The second kappa shape index (κ2) is 6.67. The van der Waals surface area contributed by atoms with Crippen molar-refractivity contribution in [1.29, 1.82) is 0 Å². The van der Waals surface area contributed by atoms with Crippen LogP contribution in [0.1, 0.15) is 37.4 Å². The van der Waals surface area contributed by atoms with E-state index in [1.54, 1.807) is 7.11 Å². The Hall–Kier alpha value is -0.670. The molecule has 2 rings (SSSR count). The number of ether oxygens (including phenoxy) is 1. The van der Waals surface area contributed by atoms with E-state index in [1.165, 1.54) is 29.7 Å². The van der Waals surface area contributed by atoms with Gasteiger partial charge in [0.25, 0.3) is 0 Å². The highest BCUT2D eigenvalue weighted by atomic mass is 32.2. The number of nitrogens with one attached hydrogen (secondary N) is 1. The predicted molar refractivity (Wildman–Crippen MR) is 84.2 cm³/mol. The van der Waals surface area contributed by atoms with Gasteiger partial charge in [-0.3, -0.25) is 0 Å². The van der Waals surface area contributed by atoms with E-state index in [2.05, 4.69) is 56.2 Å². The summed E-state index contributed by atoms with van der Waals surface area (Å²) in [6.07, 6.45) is 2.45. The van der Waals surface area contributed by atoms with E-state index in [1.807, 2.05) is 0 Å². The molecule has 106 valence electrons. The monoisotopic (exact) mass is 279 g/mol. The van der Waals surface area contributed by atoms with Crippen LogP contribution in [0.3, 0.4) is 0 Å². The molecule has 1 aromatic rings. The third-order valence-electron chi connectivity index (χ3n) is 3.71. The lowest BCUT2D eigenvalue weighted by molar-refractivity contribution is 0.411. The molecule has 2 atom stereocenters. The van der Waals surface area contributed by atoms with E-state index in [0.29, 0.717) is 11.3 Å². The number of methoxy groups -OCH3 is 1. The van der Waals surface area contributed by atoms with Crippen molar-refractivity contribution in [2.45, 2.75) is 38.0 Å². The molecule has 19 heavy (non-hydrogen) atoms. The molecule has 0 bridgehead atoms. The molecule has 2 nitrogen and oxygen atoms in total. The number of fused-ring (bicyclic) bond motifs is 1. The first-order valence-corrected chi connectivity index (χ1v) is 8.16. The van der Waals surface area contributed by atoms with E-state index in [0.717, 1.165) is 11.7 Å². The zero-order valence-corrected chi connectivity index (χ0v) is 13.2. The second-order valence-electron chi connectivity index (χ2n) is 5.64. The lowest BCUT2D eigenvalue weighted by Gasteiger charge is -2.33. The number of thioether (sulfide) groups is 1. The molecular formula is C16H25NOS. The van der Waals surface area contributed by atoms with Gasteiger partial charge in [0.1, 0.15) is 5.75 Å². The van der Waals surface area contributed by atoms with Gasteiger partial charge in [0.05, 0.1) is 7.11 Å². The predicted octanol–water partition coefficient (Wildman–Crippen LogP) is 3.66. The van der Waals surface area contributed by atoms with Gasteiger partial charge in [-0.2, -0.15) is 11.8 Å². The number of rotatable bonds is 5. The molecule has 3 heteroatoms. The van der Waals surface area contributed by atoms with Gasteiger partial charge in [-0.1, -0.05) is 19.9 Å². The molecule has 0 spiro atoms. The van der Waals surface area contributed by atoms with E-state index < -0.39 is 0 Å². The Morgan fingerprint density at radius 1 is 1.42 bits per heavy atom. The molecule has 0 aliphatic heterocycles. The molecule has 2 unspecified atom stereocenters. The van der Waals surface area contributed by atoms with Gasteiger partial charge in [0.2, 0.25) is 0 Å². The molecule has 0 radical (unpaired) electrons. The zero-order chi connectivity index (χ0) is 13.8. The van der Waals surface area contributed by atoms with Crippen molar-refractivity contribution < 1.29 is 4.74 Å². The highest BCUT2D eigenvalue weighted by Crippen LogP contribution is 2.38. The van der Waals surface area contributed by atoms with Crippen LogP contribution in [0.5, 0.6) is 5.75 Å². The van der Waals surface area contributed by atoms with E-state index >= 15 is 0 Å². The quantitative estimate of drug-likeness (QED) is 0.889. The minimum Gasteiger partial charge on any atom is -0.497 e. The zero-order valence-electron chi connectivity index (χ0n) is 12.4. The summed E-state index contributed by atoms with van der Waals surface area (Å²) in [6.45, 7) is 4.59. The maximum atomic E-state index is 5.37. The Labute approximate surface area is 121 Å². The molecule has 1 N–H and O–H groups in total. The molecule has 0 aromatic heterocycles. The maximum Gasteiger partial charge on any atom is 0.119 e. The van der Waals surface area contributed by atoms with E-state index in [-0.39, 0.29) is 0 Å². The lowest BCUT2D eigenvalue weighted by Crippen LogP contribution is -2.32. The molecule has 1 aromatic carbocycles. The Balaban J connectivity index is 2.19. The SMILES string of the molecule is CNC1c2cc(OC)ccc2CCC1SCC(C)C. The molecule has 0 fully saturated rings. The molecule has 0 heterocycles. The van der Waals surface area contributed by atoms with Crippen LogP contribution in [0.25, 0.3) is 0 Å². The van der Waals surface area contributed by atoms with Crippen LogP contribution in [-0.4, -0.2) is 25.2 Å². The summed E-state index contributed by atoms with van der Waals surface area (Å²) in [5.41, 5.74) is 2.90. The average molecular weight is 279 g/mol. The van der Waals surface area contributed by atoms with Crippen LogP contribution in [-0.2, 0) is 6.42 Å². The van der Waals surface area contributed by atoms with Gasteiger partial charge in [0.15, 0.2) is 0 Å². The third kappa shape index (κ3) is 3.46. The summed E-state index contributed by atoms with van der Waals surface area (Å²) in [6, 6.07) is 6.95. The van der Waals surface area contributed by atoms with Crippen molar-refractivity contribution in [3.05, 3.63) is 29.3 Å². The molecule has 0 amide bonds. The summed E-state index contributed by atoms with van der Waals surface area (Å²) >= 11 is 2.11. The average Bonchev–Trinajstić information content (AvgIpc) is 2.43. The highest BCUT2D eigenvalue weighted by molar-refractivity contribution is 7.99. The topological polar surface area (TPSA) is 21.3 Å². The first-order valence-electron chi connectivity index (χ1n) is 7.11. The summed E-state index contributed by atoms with van der Waals surface area (Å²) in [4.78, 5) is 0. The summed E-state index contributed by atoms with van der Waals surface area (Å²) < 4.78 is 5.37. The summed E-state index contributed by atoms with van der Waals surface area (Å²) in [5, 5.41) is 4.18. The maximum absolute atomic E-state index is 5.37. The minimum absolute atomic E-state index is 0.447. The third-order valence-corrected chi connectivity index (χ3v) is 5.51. The van der Waals surface area contributed by atoms with Gasteiger partial charge in [-0.05, 0) is 54.8 Å². The first kappa shape index (κ1) is 14.7. The Morgan fingerprint density at radius 2 is 2.21 bits per heavy atom. The molecule has 0 saturated carbocycles. The van der Waals surface area contributed by atoms with Gasteiger partial charge < -0.3 is 10.1 Å². The Kier molecular flexibility index (Phi) is 5.17. The number of benzene rings is 1. The van der Waals surface area contributed by atoms with Crippen molar-refractivity contribution >= 4 is 11.8 Å². The van der Waals surface area contributed by atoms with Crippen LogP contribution in [0.2, 0.25) is 0 Å². The van der Waals surface area contributed by atoms with Crippen LogP contribution in [0, 0.1) is 5.92 Å². The largest absolute Gasteiger partial charge is 0.497 e. The van der Waals surface area contributed by atoms with Crippen molar-refractivity contribution in [2.75, 3.05) is 19.9 Å². The smallest absolute Gasteiger partial charge is 0.119 e. The standard InChI is InChI=1S/C16H25NOS/c1-11(2)10-19-15-8-6-12-5-7-13(18-4)9-14(12)16(15)17-3/h5,7,9,11,15-17H,6,8,10H2,1-4H3. The highest BCUT2D eigenvalue weighted by Gasteiger charge is 2.29. The van der Waals surface area contributed by atoms with Crippen LogP contribution < -0.4 is 10.1 Å². The summed E-state index contributed by atoms with van der Waals surface area (Å²) in [7, 11) is 3.81. The van der Waals surface area contributed by atoms with Crippen molar-refractivity contribution in [2.24, 2.45) is 5.92 Å². The normalized spacial score (nSPS) is 22.4. The first-order chi connectivity index (χ1) is 9.15. The second-order valence-corrected chi connectivity index (χ2v) is 6.91. The van der Waals surface area contributed by atoms with E-state index in [9.17, 15) is 0 Å². The van der Waals surface area contributed by atoms with Crippen molar-refractivity contribution in [3.63, 3.8) is 0 Å². The van der Waals surface area contributed by atoms with E-state index in [4.69, 9.17) is 4.74 Å². The van der Waals surface area contributed by atoms with Crippen LogP contribution >= 0.6 is 11.8 Å². The Bertz CT molecular complexity index is 419. The van der Waals surface area contributed by atoms with Crippen molar-refractivity contribution in [3.8, 4) is 5.75 Å². The Morgan fingerprint density at radius 3 is 2.84 bits per heavy atom. The number of aryl methyl sites for hydroxylation is 1. The fourth-order valence-corrected chi connectivity index (χ4v) is 4.11. The molecule has 0 saturated heterocycles. The van der Waals surface area contributed by atoms with Crippen LogP contribution in [0.15, 0.2) is 18.2 Å². The van der Waals surface area contributed by atoms with Gasteiger partial charge in [-0.25, -0.2) is 0 Å². The number of hydrogen-bond donors (Lipinski definition) is 1. The minimum atomic E-state index is 0.447. The summed E-state index contributed by atoms with van der Waals surface area (Å²) in [5.74, 6) is 2.96. The molecular weight excluding hydrogens is 254 g/mol. The van der Waals surface area contributed by atoms with Gasteiger partial charge in [-0.15, -0.1) is 0 Å².